The molecule has 0 spiro atoms. The van der Waals surface area contributed by atoms with E-state index >= 15 is 0 Å². The van der Waals surface area contributed by atoms with Gasteiger partial charge in [0.1, 0.15) is 11.4 Å². The number of carbonyl (C=O) groups excluding carboxylic acids is 1. The Balaban J connectivity index is 2.09. The third kappa shape index (κ3) is 3.48. The van der Waals surface area contributed by atoms with E-state index in [0.29, 0.717) is 11.0 Å². The van der Waals surface area contributed by atoms with Gasteiger partial charge in [0.25, 0.3) is 0 Å². The number of hydrogen-bond acceptors (Lipinski definition) is 5. The molecule has 0 saturated carbocycles. The highest BCUT2D eigenvalue weighted by atomic mass is 16.6. The van der Waals surface area contributed by atoms with Crippen molar-refractivity contribution in [2.24, 2.45) is 0 Å². The lowest BCUT2D eigenvalue weighted by molar-refractivity contribution is 0.0498. The summed E-state index contributed by atoms with van der Waals surface area (Å²) in [6.07, 6.45) is -1.07. The maximum absolute atomic E-state index is 11.7. The molecule has 1 heterocycles. The van der Waals surface area contributed by atoms with Gasteiger partial charge in [-0.05, 0) is 44.9 Å². The van der Waals surface area contributed by atoms with Crippen LogP contribution in [-0.4, -0.2) is 35.5 Å². The highest BCUT2D eigenvalue weighted by molar-refractivity contribution is 6.63. The highest BCUT2D eigenvalue weighted by Gasteiger charge is 2.38. The second-order valence-corrected chi connectivity index (χ2v) is 6.09. The molecule has 0 fully saturated rings. The topological polar surface area (TPSA) is 88.0 Å². The first-order chi connectivity index (χ1) is 9.69. The predicted molar refractivity (Wildman–Crippen MR) is 78.5 cm³/mol. The molecule has 0 aromatic heterocycles. The molecule has 6 nitrogen and oxygen atoms in total. The normalized spacial score (nSPS) is 17.6. The van der Waals surface area contributed by atoms with E-state index in [-0.39, 0.29) is 12.3 Å². The van der Waals surface area contributed by atoms with E-state index in [9.17, 15) is 14.9 Å². The molecule has 1 aliphatic rings. The van der Waals surface area contributed by atoms with Crippen LogP contribution in [0, 0.1) is 6.92 Å². The van der Waals surface area contributed by atoms with Crippen LogP contribution in [0.3, 0.4) is 0 Å². The van der Waals surface area contributed by atoms with Crippen molar-refractivity contribution < 1.29 is 24.3 Å². The minimum Gasteiger partial charge on any atom is -0.508 e. The van der Waals surface area contributed by atoms with Gasteiger partial charge in [-0.25, -0.2) is 4.79 Å². The van der Waals surface area contributed by atoms with Gasteiger partial charge in [0.2, 0.25) is 0 Å². The van der Waals surface area contributed by atoms with Crippen molar-refractivity contribution in [3.63, 3.8) is 0 Å². The van der Waals surface area contributed by atoms with Crippen molar-refractivity contribution in [3.05, 3.63) is 23.3 Å². The lowest BCUT2D eigenvalue weighted by Gasteiger charge is -2.21. The molecule has 0 unspecified atom stereocenters. The van der Waals surface area contributed by atoms with Crippen LogP contribution in [0.2, 0.25) is 0 Å². The number of aryl methyl sites for hydroxylation is 1. The van der Waals surface area contributed by atoms with E-state index in [1.807, 2.05) is 6.92 Å². The maximum Gasteiger partial charge on any atom is 0.495 e. The maximum atomic E-state index is 11.7. The minimum absolute atomic E-state index is 0.0112. The van der Waals surface area contributed by atoms with Gasteiger partial charge in [0.15, 0.2) is 0 Å². The molecular formula is C14H20BNO5. The molecule has 1 atom stereocenters. The largest absolute Gasteiger partial charge is 0.508 e. The molecule has 2 rings (SSSR count). The van der Waals surface area contributed by atoms with Gasteiger partial charge in [-0.1, -0.05) is 6.07 Å². The molecule has 1 aliphatic heterocycles. The standard InChI is InChI=1S/C14H20BNO5/c1-8-5-6-9(17)12-11(8)10(21-15(12)19)7-16-13(18)20-14(2,3)4/h5-6,10,17,19H,7H2,1-4H3,(H,16,18)/t10-/m1/s1. The Hall–Kier alpha value is -1.73. The number of aromatic hydroxyl groups is 1. The zero-order valence-electron chi connectivity index (χ0n) is 12.6. The monoisotopic (exact) mass is 293 g/mol. The first kappa shape index (κ1) is 15.7. The van der Waals surface area contributed by atoms with Gasteiger partial charge in [-0.15, -0.1) is 0 Å². The highest BCUT2D eigenvalue weighted by Crippen LogP contribution is 2.29. The van der Waals surface area contributed by atoms with E-state index in [1.54, 1.807) is 26.8 Å². The van der Waals surface area contributed by atoms with Gasteiger partial charge in [-0.2, -0.15) is 0 Å². The van der Waals surface area contributed by atoms with E-state index < -0.39 is 24.9 Å². The van der Waals surface area contributed by atoms with Crippen LogP contribution in [-0.2, 0) is 9.39 Å². The molecule has 0 radical (unpaired) electrons. The number of ether oxygens (including phenoxy) is 1. The van der Waals surface area contributed by atoms with Crippen LogP contribution < -0.4 is 10.8 Å². The van der Waals surface area contributed by atoms with Crippen molar-refractivity contribution in [2.75, 3.05) is 6.54 Å². The molecule has 1 aromatic carbocycles. The van der Waals surface area contributed by atoms with Crippen LogP contribution in [0.5, 0.6) is 5.75 Å². The smallest absolute Gasteiger partial charge is 0.495 e. The fourth-order valence-electron chi connectivity index (χ4n) is 2.35. The summed E-state index contributed by atoms with van der Waals surface area (Å²) >= 11 is 0. The Kier molecular flexibility index (Phi) is 4.16. The van der Waals surface area contributed by atoms with Gasteiger partial charge in [0, 0.05) is 12.0 Å². The number of nitrogens with one attached hydrogen (secondary N) is 1. The first-order valence-electron chi connectivity index (χ1n) is 6.82. The summed E-state index contributed by atoms with van der Waals surface area (Å²) in [6.45, 7) is 7.35. The second-order valence-electron chi connectivity index (χ2n) is 6.09. The van der Waals surface area contributed by atoms with E-state index in [0.717, 1.165) is 5.56 Å². The molecule has 0 bridgehead atoms. The Bertz CT molecular complexity index is 555. The van der Waals surface area contributed by atoms with Crippen molar-refractivity contribution in [3.8, 4) is 5.75 Å². The summed E-state index contributed by atoms with van der Waals surface area (Å²) < 4.78 is 10.5. The lowest BCUT2D eigenvalue weighted by atomic mass is 9.77. The fourth-order valence-corrected chi connectivity index (χ4v) is 2.35. The number of rotatable bonds is 2. The van der Waals surface area contributed by atoms with Crippen LogP contribution in [0.15, 0.2) is 12.1 Å². The number of carbonyl (C=O) groups is 1. The molecule has 3 N–H and O–H groups in total. The first-order valence-corrected chi connectivity index (χ1v) is 6.82. The number of phenols is 1. The third-order valence-corrected chi connectivity index (χ3v) is 3.17. The number of benzene rings is 1. The van der Waals surface area contributed by atoms with Crippen molar-refractivity contribution in [2.45, 2.75) is 39.4 Å². The Morgan fingerprint density at radius 2 is 2.14 bits per heavy atom. The third-order valence-electron chi connectivity index (χ3n) is 3.17. The van der Waals surface area contributed by atoms with E-state index in [1.165, 1.54) is 6.07 Å². The quantitative estimate of drug-likeness (QED) is 0.708. The number of alkyl carbamates (subject to hydrolysis) is 1. The number of phenolic OH excluding ortho intramolecular Hbond substituents is 1. The molecule has 7 heteroatoms. The van der Waals surface area contributed by atoms with Crippen LogP contribution in [0.4, 0.5) is 4.79 Å². The molecule has 0 saturated heterocycles. The molecule has 114 valence electrons. The molecule has 21 heavy (non-hydrogen) atoms. The second kappa shape index (κ2) is 5.58. The van der Waals surface area contributed by atoms with Gasteiger partial charge < -0.3 is 24.8 Å². The van der Waals surface area contributed by atoms with Crippen molar-refractivity contribution in [1.29, 1.82) is 0 Å². The summed E-state index contributed by atoms with van der Waals surface area (Å²) in [6, 6.07) is 3.26. The summed E-state index contributed by atoms with van der Waals surface area (Å²) in [5.74, 6) is -0.0112. The number of amides is 1. The zero-order valence-corrected chi connectivity index (χ0v) is 12.6. The van der Waals surface area contributed by atoms with Crippen LogP contribution in [0.25, 0.3) is 0 Å². The Morgan fingerprint density at radius 3 is 2.76 bits per heavy atom. The number of hydrogen-bond donors (Lipinski definition) is 3. The van der Waals surface area contributed by atoms with Crippen LogP contribution >= 0.6 is 0 Å². The molecule has 0 aliphatic carbocycles. The number of fused-ring (bicyclic) bond motifs is 1. The fraction of sp³-hybridized carbons (Fsp3) is 0.500. The molecule has 1 aromatic rings. The average Bonchev–Trinajstić information content (AvgIpc) is 2.68. The minimum atomic E-state index is -1.19. The lowest BCUT2D eigenvalue weighted by Crippen LogP contribution is -2.35. The van der Waals surface area contributed by atoms with Crippen LogP contribution in [0.1, 0.15) is 38.0 Å². The predicted octanol–water partition coefficient (Wildman–Crippen LogP) is 0.984. The Morgan fingerprint density at radius 1 is 1.48 bits per heavy atom. The molecular weight excluding hydrogens is 273 g/mol. The van der Waals surface area contributed by atoms with Crippen molar-refractivity contribution in [1.82, 2.24) is 5.32 Å². The summed E-state index contributed by atoms with van der Waals surface area (Å²) in [4.78, 5) is 11.7. The van der Waals surface area contributed by atoms with Crippen molar-refractivity contribution >= 4 is 18.7 Å². The zero-order chi connectivity index (χ0) is 15.8. The SMILES string of the molecule is Cc1ccc(O)c2c1[C@@H](CNC(=O)OC(C)(C)C)OB2O. The van der Waals surface area contributed by atoms with E-state index in [4.69, 9.17) is 9.39 Å². The average molecular weight is 293 g/mol. The van der Waals surface area contributed by atoms with Gasteiger partial charge >= 0.3 is 13.2 Å². The summed E-state index contributed by atoms with van der Waals surface area (Å²) in [5.41, 5.74) is 1.38. The van der Waals surface area contributed by atoms with E-state index in [2.05, 4.69) is 5.32 Å². The van der Waals surface area contributed by atoms with Gasteiger partial charge in [0.05, 0.1) is 6.10 Å². The Labute approximate surface area is 124 Å². The van der Waals surface area contributed by atoms with Gasteiger partial charge in [-0.3, -0.25) is 0 Å². The summed E-state index contributed by atoms with van der Waals surface area (Å²) in [7, 11) is -1.19. The molecule has 1 amide bonds. The summed E-state index contributed by atoms with van der Waals surface area (Å²) in [5, 5.41) is 22.3.